The first-order valence-electron chi connectivity index (χ1n) is 7.19. The van der Waals surface area contributed by atoms with Crippen molar-refractivity contribution < 1.29 is 4.42 Å². The summed E-state index contributed by atoms with van der Waals surface area (Å²) in [5, 5.41) is 0. The van der Waals surface area contributed by atoms with Crippen molar-refractivity contribution in [2.24, 2.45) is 0 Å². The van der Waals surface area contributed by atoms with Gasteiger partial charge in [0.2, 0.25) is 0 Å². The summed E-state index contributed by atoms with van der Waals surface area (Å²) in [6, 6.07) is 14.4. The van der Waals surface area contributed by atoms with Gasteiger partial charge in [-0.15, -0.1) is 0 Å². The van der Waals surface area contributed by atoms with E-state index in [0.717, 1.165) is 29.9 Å². The number of rotatable bonds is 6. The predicted molar refractivity (Wildman–Crippen MR) is 81.9 cm³/mol. The summed E-state index contributed by atoms with van der Waals surface area (Å²) < 4.78 is 6.01. The predicted octanol–water partition coefficient (Wildman–Crippen LogP) is 5.93. The summed E-state index contributed by atoms with van der Waals surface area (Å²) >= 11 is 0. The zero-order valence-corrected chi connectivity index (χ0v) is 11.9. The monoisotopic (exact) mass is 254 g/mol. The maximum absolute atomic E-state index is 6.01. The van der Waals surface area contributed by atoms with Crippen LogP contribution in [0, 0.1) is 0 Å². The van der Waals surface area contributed by atoms with Gasteiger partial charge >= 0.3 is 0 Å². The van der Waals surface area contributed by atoms with E-state index in [-0.39, 0.29) is 0 Å². The Kier molecular flexibility index (Phi) is 5.02. The quantitative estimate of drug-likeness (QED) is 0.622. The number of hydrogen-bond acceptors (Lipinski definition) is 1. The van der Waals surface area contributed by atoms with E-state index in [4.69, 9.17) is 4.42 Å². The number of benzene rings is 1. The molecule has 0 unspecified atom stereocenters. The molecule has 0 spiro atoms. The summed E-state index contributed by atoms with van der Waals surface area (Å²) in [6.07, 6.45) is 6.87. The molecular weight excluding hydrogens is 232 g/mol. The van der Waals surface area contributed by atoms with Crippen LogP contribution in [0.4, 0.5) is 0 Å². The van der Waals surface area contributed by atoms with Gasteiger partial charge in [0.05, 0.1) is 0 Å². The van der Waals surface area contributed by atoms with Crippen LogP contribution in [0.3, 0.4) is 0 Å². The van der Waals surface area contributed by atoms with Crippen molar-refractivity contribution in [1.29, 1.82) is 0 Å². The van der Waals surface area contributed by atoms with Crippen LogP contribution in [0.15, 0.2) is 53.0 Å². The molecule has 1 heterocycles. The van der Waals surface area contributed by atoms with Crippen molar-refractivity contribution in [3.05, 3.63) is 54.3 Å². The molecule has 1 heteroatoms. The Morgan fingerprint density at radius 2 is 1.84 bits per heavy atom. The average Bonchev–Trinajstić information content (AvgIpc) is 2.94. The maximum atomic E-state index is 6.01. The van der Waals surface area contributed by atoms with Crippen molar-refractivity contribution in [3.8, 4) is 11.3 Å². The molecule has 1 aromatic heterocycles. The fourth-order valence-electron chi connectivity index (χ4n) is 2.21. The van der Waals surface area contributed by atoms with Gasteiger partial charge in [-0.1, -0.05) is 56.7 Å². The largest absolute Gasteiger partial charge is 0.456 e. The molecule has 1 nitrogen and oxygen atoms in total. The van der Waals surface area contributed by atoms with Crippen LogP contribution in [0.1, 0.15) is 45.3 Å². The number of unbranched alkanes of at least 4 members (excludes halogenated alkanes) is 1. The Morgan fingerprint density at radius 3 is 2.53 bits per heavy atom. The molecule has 1 aromatic carbocycles. The fraction of sp³-hybridized carbons (Fsp3) is 0.333. The third-order valence-corrected chi connectivity index (χ3v) is 3.23. The molecular formula is C18H22O. The molecule has 19 heavy (non-hydrogen) atoms. The Morgan fingerprint density at radius 1 is 1.05 bits per heavy atom. The van der Waals surface area contributed by atoms with Gasteiger partial charge in [0.15, 0.2) is 0 Å². The molecule has 0 fully saturated rings. The number of furan rings is 1. The second-order valence-corrected chi connectivity index (χ2v) is 4.77. The first-order valence-corrected chi connectivity index (χ1v) is 7.19. The molecule has 0 saturated carbocycles. The van der Waals surface area contributed by atoms with Crippen LogP contribution >= 0.6 is 0 Å². The topological polar surface area (TPSA) is 13.1 Å². The van der Waals surface area contributed by atoms with Crippen LogP contribution in [0.25, 0.3) is 16.9 Å². The van der Waals surface area contributed by atoms with E-state index in [9.17, 15) is 0 Å². The molecule has 0 aliphatic rings. The molecule has 2 aromatic rings. The molecule has 0 N–H and O–H groups in total. The van der Waals surface area contributed by atoms with Crippen LogP contribution < -0.4 is 0 Å². The molecule has 0 radical (unpaired) electrons. The van der Waals surface area contributed by atoms with E-state index in [2.05, 4.69) is 44.2 Å². The summed E-state index contributed by atoms with van der Waals surface area (Å²) in [6.45, 7) is 4.40. The van der Waals surface area contributed by atoms with Crippen LogP contribution in [-0.2, 0) is 0 Å². The molecule has 0 atom stereocenters. The first kappa shape index (κ1) is 13.7. The van der Waals surface area contributed by atoms with E-state index in [1.54, 1.807) is 0 Å². The lowest BCUT2D eigenvalue weighted by atomic mass is 10.1. The molecule has 0 saturated heterocycles. The lowest BCUT2D eigenvalue weighted by Gasteiger charge is -2.03. The van der Waals surface area contributed by atoms with Crippen molar-refractivity contribution >= 4 is 5.57 Å². The van der Waals surface area contributed by atoms with Crippen molar-refractivity contribution in [2.45, 2.75) is 39.5 Å². The second-order valence-electron chi connectivity index (χ2n) is 4.77. The highest BCUT2D eigenvalue weighted by atomic mass is 16.3. The average molecular weight is 254 g/mol. The molecule has 0 aliphatic heterocycles. The van der Waals surface area contributed by atoms with Gasteiger partial charge in [-0.05, 0) is 37.0 Å². The van der Waals surface area contributed by atoms with Gasteiger partial charge in [-0.2, -0.15) is 0 Å². The minimum Gasteiger partial charge on any atom is -0.456 e. The third-order valence-electron chi connectivity index (χ3n) is 3.23. The first-order chi connectivity index (χ1) is 9.35. The van der Waals surface area contributed by atoms with Gasteiger partial charge < -0.3 is 4.42 Å². The van der Waals surface area contributed by atoms with Gasteiger partial charge in [0.25, 0.3) is 0 Å². The van der Waals surface area contributed by atoms with Gasteiger partial charge in [-0.25, -0.2) is 0 Å². The minimum absolute atomic E-state index is 0.953. The van der Waals surface area contributed by atoms with E-state index >= 15 is 0 Å². The second kappa shape index (κ2) is 6.98. The lowest BCUT2D eigenvalue weighted by molar-refractivity contribution is 0.563. The Hall–Kier alpha value is -1.76. The highest BCUT2D eigenvalue weighted by Gasteiger charge is 2.08. The van der Waals surface area contributed by atoms with E-state index in [1.807, 2.05) is 18.2 Å². The minimum atomic E-state index is 0.953. The van der Waals surface area contributed by atoms with Gasteiger partial charge in [0.1, 0.15) is 11.5 Å². The normalized spacial score (nSPS) is 11.8. The van der Waals surface area contributed by atoms with Crippen LogP contribution in [0.5, 0.6) is 0 Å². The number of hydrogen-bond donors (Lipinski definition) is 0. The van der Waals surface area contributed by atoms with E-state index in [0.29, 0.717) is 0 Å². The Balaban J connectivity index is 2.21. The SMILES string of the molecule is CC/C=C(/CCCC)c1ccc(-c2ccccc2)o1. The maximum Gasteiger partial charge on any atom is 0.134 e. The smallest absolute Gasteiger partial charge is 0.134 e. The highest BCUT2D eigenvalue weighted by molar-refractivity contribution is 5.65. The fourth-order valence-corrected chi connectivity index (χ4v) is 2.21. The van der Waals surface area contributed by atoms with E-state index < -0.39 is 0 Å². The number of allylic oxidation sites excluding steroid dienone is 2. The highest BCUT2D eigenvalue weighted by Crippen LogP contribution is 2.28. The van der Waals surface area contributed by atoms with Gasteiger partial charge in [-0.3, -0.25) is 0 Å². The summed E-state index contributed by atoms with van der Waals surface area (Å²) in [7, 11) is 0. The summed E-state index contributed by atoms with van der Waals surface area (Å²) in [5.74, 6) is 1.98. The summed E-state index contributed by atoms with van der Waals surface area (Å²) in [5.41, 5.74) is 2.48. The third kappa shape index (κ3) is 3.60. The molecule has 0 amide bonds. The van der Waals surface area contributed by atoms with Crippen molar-refractivity contribution in [3.63, 3.8) is 0 Å². The zero-order chi connectivity index (χ0) is 13.5. The standard InChI is InChI=1S/C18H22O/c1-3-5-10-15(9-4-2)17-13-14-18(19-17)16-11-7-6-8-12-16/h6-9,11-14H,3-5,10H2,1-2H3/b15-9-. The van der Waals surface area contributed by atoms with Crippen LogP contribution in [0.2, 0.25) is 0 Å². The lowest BCUT2D eigenvalue weighted by Crippen LogP contribution is -1.82. The molecule has 100 valence electrons. The van der Waals surface area contributed by atoms with E-state index in [1.165, 1.54) is 18.4 Å². The molecule has 0 bridgehead atoms. The summed E-state index contributed by atoms with van der Waals surface area (Å²) in [4.78, 5) is 0. The van der Waals surface area contributed by atoms with Crippen molar-refractivity contribution in [2.75, 3.05) is 0 Å². The zero-order valence-electron chi connectivity index (χ0n) is 11.9. The van der Waals surface area contributed by atoms with Crippen molar-refractivity contribution in [1.82, 2.24) is 0 Å². The molecule has 0 aliphatic carbocycles. The van der Waals surface area contributed by atoms with Crippen LogP contribution in [-0.4, -0.2) is 0 Å². The Labute approximate surface area is 116 Å². The van der Waals surface area contributed by atoms with Gasteiger partial charge in [0, 0.05) is 5.56 Å². The molecule has 2 rings (SSSR count). The Bertz CT molecular complexity index is 520.